The van der Waals surface area contributed by atoms with Crippen molar-refractivity contribution in [1.29, 1.82) is 0 Å². The van der Waals surface area contributed by atoms with Crippen LogP contribution in [0.25, 0.3) is 0 Å². The summed E-state index contributed by atoms with van der Waals surface area (Å²) in [7, 11) is 0. The van der Waals surface area contributed by atoms with E-state index in [4.69, 9.17) is 5.73 Å². The van der Waals surface area contributed by atoms with E-state index in [1.54, 1.807) is 11.3 Å². The molecule has 1 atom stereocenters. The lowest BCUT2D eigenvalue weighted by molar-refractivity contribution is 0.839. The standard InChI is InChI=1S/C14H17NS/c1-10(2)11-4-3-5-12(8-11)14(15)13-6-7-16-9-13/h3-10,14H,15H2,1-2H3/t14-/m1/s1. The third kappa shape index (κ3) is 2.34. The van der Waals surface area contributed by atoms with Gasteiger partial charge < -0.3 is 5.73 Å². The van der Waals surface area contributed by atoms with Crippen LogP contribution in [0.1, 0.15) is 42.5 Å². The maximum Gasteiger partial charge on any atom is 0.0559 e. The van der Waals surface area contributed by atoms with Crippen molar-refractivity contribution in [2.75, 3.05) is 0 Å². The minimum absolute atomic E-state index is 0.00458. The summed E-state index contributed by atoms with van der Waals surface area (Å²) in [5.74, 6) is 0.551. The molecule has 0 aliphatic carbocycles. The molecule has 0 spiro atoms. The molecule has 0 unspecified atom stereocenters. The van der Waals surface area contributed by atoms with Gasteiger partial charge in [0, 0.05) is 0 Å². The van der Waals surface area contributed by atoms with Gasteiger partial charge in [-0.15, -0.1) is 0 Å². The molecule has 1 nitrogen and oxygen atoms in total. The maximum absolute atomic E-state index is 6.24. The van der Waals surface area contributed by atoms with E-state index in [2.05, 4.69) is 54.9 Å². The quantitative estimate of drug-likeness (QED) is 0.851. The number of nitrogens with two attached hydrogens (primary N) is 1. The second-order valence-corrected chi connectivity index (χ2v) is 5.14. The van der Waals surface area contributed by atoms with E-state index in [1.807, 2.05) is 0 Å². The molecule has 0 radical (unpaired) electrons. The molecule has 0 saturated carbocycles. The molecule has 0 aliphatic heterocycles. The summed E-state index contributed by atoms with van der Waals surface area (Å²) in [5.41, 5.74) is 9.99. The van der Waals surface area contributed by atoms with E-state index in [-0.39, 0.29) is 6.04 Å². The Morgan fingerprint density at radius 1 is 1.06 bits per heavy atom. The van der Waals surface area contributed by atoms with Crippen LogP contribution < -0.4 is 5.73 Å². The summed E-state index contributed by atoms with van der Waals surface area (Å²) in [4.78, 5) is 0. The SMILES string of the molecule is CC(C)c1cccc([C@@H](N)c2ccsc2)c1. The van der Waals surface area contributed by atoms with Crippen LogP contribution in [0.5, 0.6) is 0 Å². The van der Waals surface area contributed by atoms with Crippen molar-refractivity contribution in [2.45, 2.75) is 25.8 Å². The van der Waals surface area contributed by atoms with Crippen molar-refractivity contribution >= 4 is 11.3 Å². The summed E-state index contributed by atoms with van der Waals surface area (Å²) < 4.78 is 0. The molecule has 1 aromatic carbocycles. The van der Waals surface area contributed by atoms with Crippen molar-refractivity contribution in [1.82, 2.24) is 0 Å². The number of hydrogen-bond donors (Lipinski definition) is 1. The monoisotopic (exact) mass is 231 g/mol. The second kappa shape index (κ2) is 4.81. The Kier molecular flexibility index (Phi) is 3.42. The Labute approximate surface area is 101 Å². The smallest absolute Gasteiger partial charge is 0.0559 e. The summed E-state index contributed by atoms with van der Waals surface area (Å²) in [6, 6.07) is 10.7. The largest absolute Gasteiger partial charge is 0.320 e. The highest BCUT2D eigenvalue weighted by atomic mass is 32.1. The normalized spacial score (nSPS) is 13.0. The Morgan fingerprint density at radius 2 is 1.81 bits per heavy atom. The molecule has 1 heterocycles. The van der Waals surface area contributed by atoms with Gasteiger partial charge in [-0.2, -0.15) is 11.3 Å². The van der Waals surface area contributed by atoms with Gasteiger partial charge in [-0.3, -0.25) is 0 Å². The van der Waals surface area contributed by atoms with Crippen molar-refractivity contribution in [3.05, 3.63) is 57.8 Å². The summed E-state index contributed by atoms with van der Waals surface area (Å²) in [6.07, 6.45) is 0. The van der Waals surface area contributed by atoms with Crippen LogP contribution in [0.2, 0.25) is 0 Å². The first-order valence-electron chi connectivity index (χ1n) is 5.56. The van der Waals surface area contributed by atoms with E-state index in [9.17, 15) is 0 Å². The second-order valence-electron chi connectivity index (χ2n) is 4.36. The van der Waals surface area contributed by atoms with Gasteiger partial charge in [0.2, 0.25) is 0 Å². The molecular weight excluding hydrogens is 214 g/mol. The van der Waals surface area contributed by atoms with E-state index >= 15 is 0 Å². The van der Waals surface area contributed by atoms with Gasteiger partial charge in [0.25, 0.3) is 0 Å². The molecule has 2 rings (SSSR count). The lowest BCUT2D eigenvalue weighted by Gasteiger charge is -2.13. The van der Waals surface area contributed by atoms with Crippen molar-refractivity contribution in [3.8, 4) is 0 Å². The third-order valence-corrected chi connectivity index (χ3v) is 3.54. The fourth-order valence-corrected chi connectivity index (χ4v) is 2.45. The molecule has 2 N–H and O–H groups in total. The average Bonchev–Trinajstić information content (AvgIpc) is 2.81. The van der Waals surface area contributed by atoms with Crippen LogP contribution in [-0.2, 0) is 0 Å². The average molecular weight is 231 g/mol. The number of rotatable bonds is 3. The highest BCUT2D eigenvalue weighted by molar-refractivity contribution is 7.08. The molecule has 2 heteroatoms. The summed E-state index contributed by atoms with van der Waals surface area (Å²) >= 11 is 1.69. The predicted octanol–water partition coefficient (Wildman–Crippen LogP) is 3.92. The summed E-state index contributed by atoms with van der Waals surface area (Å²) in [5, 5.41) is 4.19. The number of thiophene rings is 1. The minimum Gasteiger partial charge on any atom is -0.320 e. The Morgan fingerprint density at radius 3 is 2.44 bits per heavy atom. The van der Waals surface area contributed by atoms with Crippen molar-refractivity contribution in [2.24, 2.45) is 5.73 Å². The van der Waals surface area contributed by atoms with Gasteiger partial charge in [0.15, 0.2) is 0 Å². The van der Waals surface area contributed by atoms with Crippen LogP contribution in [0.3, 0.4) is 0 Å². The zero-order valence-corrected chi connectivity index (χ0v) is 10.5. The molecule has 1 aromatic heterocycles. The minimum atomic E-state index is 0.00458. The Bertz CT molecular complexity index is 446. The first-order valence-corrected chi connectivity index (χ1v) is 6.50. The number of benzene rings is 1. The van der Waals surface area contributed by atoms with E-state index < -0.39 is 0 Å². The molecular formula is C14H17NS. The topological polar surface area (TPSA) is 26.0 Å². The van der Waals surface area contributed by atoms with Crippen LogP contribution in [0.15, 0.2) is 41.1 Å². The highest BCUT2D eigenvalue weighted by Gasteiger charge is 2.10. The third-order valence-electron chi connectivity index (χ3n) is 2.84. The molecule has 84 valence electrons. The van der Waals surface area contributed by atoms with Gasteiger partial charge >= 0.3 is 0 Å². The van der Waals surface area contributed by atoms with E-state index in [0.717, 1.165) is 0 Å². The van der Waals surface area contributed by atoms with Gasteiger partial charge in [0.05, 0.1) is 6.04 Å². The molecule has 0 aliphatic rings. The Hall–Kier alpha value is -1.12. The van der Waals surface area contributed by atoms with Gasteiger partial charge in [-0.05, 0) is 39.4 Å². The maximum atomic E-state index is 6.24. The van der Waals surface area contributed by atoms with Gasteiger partial charge in [-0.25, -0.2) is 0 Å². The van der Waals surface area contributed by atoms with Crippen molar-refractivity contribution in [3.63, 3.8) is 0 Å². The van der Waals surface area contributed by atoms with Crippen LogP contribution in [-0.4, -0.2) is 0 Å². The first kappa shape index (κ1) is 11.4. The fourth-order valence-electron chi connectivity index (χ4n) is 1.76. The number of hydrogen-bond acceptors (Lipinski definition) is 2. The molecule has 0 fully saturated rings. The van der Waals surface area contributed by atoms with Crippen LogP contribution in [0, 0.1) is 0 Å². The van der Waals surface area contributed by atoms with Crippen LogP contribution >= 0.6 is 11.3 Å². The van der Waals surface area contributed by atoms with Gasteiger partial charge in [0.1, 0.15) is 0 Å². The fraction of sp³-hybridized carbons (Fsp3) is 0.286. The van der Waals surface area contributed by atoms with E-state index in [1.165, 1.54) is 16.7 Å². The summed E-state index contributed by atoms with van der Waals surface area (Å²) in [6.45, 7) is 4.41. The first-order chi connectivity index (χ1) is 7.68. The highest BCUT2D eigenvalue weighted by Crippen LogP contribution is 2.24. The molecule has 2 aromatic rings. The molecule has 0 amide bonds. The molecule has 0 bridgehead atoms. The van der Waals surface area contributed by atoms with Gasteiger partial charge in [-0.1, -0.05) is 38.1 Å². The van der Waals surface area contributed by atoms with Crippen molar-refractivity contribution < 1.29 is 0 Å². The Balaban J connectivity index is 2.30. The molecule has 16 heavy (non-hydrogen) atoms. The molecule has 0 saturated heterocycles. The zero-order valence-electron chi connectivity index (χ0n) is 9.68. The lowest BCUT2D eigenvalue weighted by atomic mass is 9.96. The van der Waals surface area contributed by atoms with E-state index in [0.29, 0.717) is 5.92 Å². The lowest BCUT2D eigenvalue weighted by Crippen LogP contribution is -2.11. The van der Waals surface area contributed by atoms with Crippen LogP contribution in [0.4, 0.5) is 0 Å². The zero-order chi connectivity index (χ0) is 11.5. The predicted molar refractivity (Wildman–Crippen MR) is 70.9 cm³/mol.